The van der Waals surface area contributed by atoms with E-state index in [4.69, 9.17) is 9.47 Å². The van der Waals surface area contributed by atoms with Crippen molar-refractivity contribution in [2.75, 3.05) is 0 Å². The van der Waals surface area contributed by atoms with Crippen molar-refractivity contribution < 1.29 is 19.1 Å². The molecule has 1 aliphatic rings. The van der Waals surface area contributed by atoms with Crippen molar-refractivity contribution in [1.29, 1.82) is 0 Å². The summed E-state index contributed by atoms with van der Waals surface area (Å²) in [4.78, 5) is 23.3. The van der Waals surface area contributed by atoms with Crippen LogP contribution in [0.5, 0.6) is 0 Å². The molecule has 4 nitrogen and oxygen atoms in total. The second kappa shape index (κ2) is 15.7. The molecular weight excluding hydrogens is 328 g/mol. The van der Waals surface area contributed by atoms with Crippen LogP contribution in [0.2, 0.25) is 0 Å². The van der Waals surface area contributed by atoms with E-state index in [2.05, 4.69) is 6.92 Å². The van der Waals surface area contributed by atoms with Gasteiger partial charge in [-0.05, 0) is 18.6 Å². The Morgan fingerprint density at radius 3 is 1.85 bits per heavy atom. The number of carbonyl (C=O) groups excluding carboxylic acids is 2. The fourth-order valence-corrected chi connectivity index (χ4v) is 3.03. The second-order valence-corrected chi connectivity index (χ2v) is 7.06. The average molecular weight is 365 g/mol. The molecule has 0 aromatic heterocycles. The van der Waals surface area contributed by atoms with Crippen LogP contribution >= 0.6 is 0 Å². The van der Waals surface area contributed by atoms with Gasteiger partial charge in [0.15, 0.2) is 0 Å². The Labute approximate surface area is 159 Å². The van der Waals surface area contributed by atoms with Crippen molar-refractivity contribution in [2.45, 2.75) is 103 Å². The molecule has 0 aliphatic carbocycles. The summed E-state index contributed by atoms with van der Waals surface area (Å²) in [5.74, 6) is -1.09. The standard InChI is InChI=1S/C22H36O4/c1-2-3-4-5-6-7-8-9-10-11-12-13-14-18-21(23)26-22(24)20-17-15-16-19-25-20/h15-17,19-20H,2-14,18H2,1H3. The molecule has 26 heavy (non-hydrogen) atoms. The van der Waals surface area contributed by atoms with Crippen molar-refractivity contribution in [2.24, 2.45) is 0 Å². The van der Waals surface area contributed by atoms with Gasteiger partial charge in [-0.25, -0.2) is 4.79 Å². The summed E-state index contributed by atoms with van der Waals surface area (Å²) in [6.07, 6.45) is 22.3. The van der Waals surface area contributed by atoms with E-state index in [9.17, 15) is 9.59 Å². The molecule has 1 rings (SSSR count). The van der Waals surface area contributed by atoms with Gasteiger partial charge in [-0.1, -0.05) is 90.0 Å². The van der Waals surface area contributed by atoms with Crippen molar-refractivity contribution >= 4 is 11.9 Å². The van der Waals surface area contributed by atoms with Gasteiger partial charge in [0.05, 0.1) is 6.26 Å². The van der Waals surface area contributed by atoms with Gasteiger partial charge in [0, 0.05) is 6.42 Å². The molecule has 0 aromatic carbocycles. The number of carbonyl (C=O) groups is 2. The van der Waals surface area contributed by atoms with Crippen LogP contribution in [0.3, 0.4) is 0 Å². The van der Waals surface area contributed by atoms with Gasteiger partial charge < -0.3 is 9.47 Å². The van der Waals surface area contributed by atoms with E-state index in [1.807, 2.05) is 0 Å². The first-order chi connectivity index (χ1) is 12.7. The average Bonchev–Trinajstić information content (AvgIpc) is 2.66. The third-order valence-corrected chi connectivity index (χ3v) is 4.63. The number of ether oxygens (including phenoxy) is 2. The molecule has 1 unspecified atom stereocenters. The van der Waals surface area contributed by atoms with Crippen molar-refractivity contribution in [1.82, 2.24) is 0 Å². The highest BCUT2D eigenvalue weighted by Gasteiger charge is 2.21. The number of allylic oxidation sites excluding steroid dienone is 2. The summed E-state index contributed by atoms with van der Waals surface area (Å²) < 4.78 is 9.88. The Balaban J connectivity index is 1.85. The molecule has 0 saturated carbocycles. The predicted molar refractivity (Wildman–Crippen MR) is 105 cm³/mol. The Hall–Kier alpha value is -1.58. The monoisotopic (exact) mass is 364 g/mol. The van der Waals surface area contributed by atoms with Crippen molar-refractivity contribution in [3.8, 4) is 0 Å². The minimum absolute atomic E-state index is 0.301. The van der Waals surface area contributed by atoms with Crippen LogP contribution < -0.4 is 0 Å². The lowest BCUT2D eigenvalue weighted by Gasteiger charge is -2.12. The Morgan fingerprint density at radius 1 is 0.808 bits per heavy atom. The van der Waals surface area contributed by atoms with E-state index in [1.54, 1.807) is 18.2 Å². The van der Waals surface area contributed by atoms with Crippen molar-refractivity contribution in [3.63, 3.8) is 0 Å². The normalized spacial score (nSPS) is 15.7. The maximum Gasteiger partial charge on any atom is 0.359 e. The highest BCUT2D eigenvalue weighted by molar-refractivity contribution is 5.89. The molecule has 1 heterocycles. The zero-order valence-electron chi connectivity index (χ0n) is 16.4. The van der Waals surface area contributed by atoms with Gasteiger partial charge >= 0.3 is 11.9 Å². The lowest BCUT2D eigenvalue weighted by Crippen LogP contribution is -2.26. The summed E-state index contributed by atoms with van der Waals surface area (Å²) in [6.45, 7) is 2.25. The minimum atomic E-state index is -0.796. The quantitative estimate of drug-likeness (QED) is 0.203. The van der Waals surface area contributed by atoms with E-state index < -0.39 is 18.0 Å². The van der Waals surface area contributed by atoms with Gasteiger partial charge in [0.25, 0.3) is 0 Å². The molecule has 0 saturated heterocycles. The van der Waals surface area contributed by atoms with Crippen LogP contribution in [0.4, 0.5) is 0 Å². The second-order valence-electron chi connectivity index (χ2n) is 7.06. The zero-order valence-corrected chi connectivity index (χ0v) is 16.4. The number of hydrogen-bond donors (Lipinski definition) is 0. The van der Waals surface area contributed by atoms with Crippen LogP contribution in [0.1, 0.15) is 96.8 Å². The summed E-state index contributed by atoms with van der Waals surface area (Å²) in [5.41, 5.74) is 0. The summed E-state index contributed by atoms with van der Waals surface area (Å²) >= 11 is 0. The third kappa shape index (κ3) is 11.9. The maximum atomic E-state index is 11.7. The smallest absolute Gasteiger partial charge is 0.359 e. The summed E-state index contributed by atoms with van der Waals surface area (Å²) in [7, 11) is 0. The number of esters is 2. The molecule has 1 aliphatic heterocycles. The largest absolute Gasteiger partial charge is 0.482 e. The highest BCUT2D eigenvalue weighted by atomic mass is 16.6. The first-order valence-electron chi connectivity index (χ1n) is 10.5. The lowest BCUT2D eigenvalue weighted by atomic mass is 10.0. The zero-order chi connectivity index (χ0) is 18.9. The van der Waals surface area contributed by atoms with E-state index in [0.717, 1.165) is 19.3 Å². The molecule has 0 spiro atoms. The Morgan fingerprint density at radius 2 is 1.35 bits per heavy atom. The van der Waals surface area contributed by atoms with Gasteiger partial charge in [-0.15, -0.1) is 0 Å². The van der Waals surface area contributed by atoms with E-state index in [-0.39, 0.29) is 0 Å². The molecule has 0 bridgehead atoms. The molecular formula is C22H36O4. The topological polar surface area (TPSA) is 52.6 Å². The number of rotatable bonds is 15. The molecule has 148 valence electrons. The minimum Gasteiger partial charge on any atom is -0.482 e. The van der Waals surface area contributed by atoms with E-state index in [1.165, 1.54) is 70.5 Å². The molecule has 1 atom stereocenters. The van der Waals surface area contributed by atoms with Crippen LogP contribution in [0, 0.1) is 0 Å². The van der Waals surface area contributed by atoms with Crippen LogP contribution in [0.25, 0.3) is 0 Å². The SMILES string of the molecule is CCCCCCCCCCCCCCCC(=O)OC(=O)C1C=CC=CO1. The fourth-order valence-electron chi connectivity index (χ4n) is 3.03. The molecule has 4 heteroatoms. The molecule has 0 amide bonds. The molecule has 0 aromatic rings. The molecule has 0 fully saturated rings. The first kappa shape index (κ1) is 22.5. The number of hydrogen-bond acceptors (Lipinski definition) is 4. The van der Waals surface area contributed by atoms with Crippen molar-refractivity contribution in [3.05, 3.63) is 24.5 Å². The first-order valence-corrected chi connectivity index (χ1v) is 10.5. The predicted octanol–water partition coefficient (Wildman–Crippen LogP) is 6.01. The van der Waals surface area contributed by atoms with Gasteiger partial charge in [-0.2, -0.15) is 0 Å². The van der Waals surface area contributed by atoms with Crippen LogP contribution in [-0.4, -0.2) is 18.0 Å². The number of unbranched alkanes of at least 4 members (excludes halogenated alkanes) is 12. The molecule has 0 radical (unpaired) electrons. The Bertz CT molecular complexity index is 439. The van der Waals surface area contributed by atoms with Crippen LogP contribution in [-0.2, 0) is 19.1 Å². The third-order valence-electron chi connectivity index (χ3n) is 4.63. The summed E-state index contributed by atoms with van der Waals surface area (Å²) in [6, 6.07) is 0. The van der Waals surface area contributed by atoms with E-state index in [0.29, 0.717) is 6.42 Å². The molecule has 0 N–H and O–H groups in total. The van der Waals surface area contributed by atoms with Gasteiger partial charge in [0.1, 0.15) is 0 Å². The van der Waals surface area contributed by atoms with Gasteiger partial charge in [-0.3, -0.25) is 4.79 Å². The lowest BCUT2D eigenvalue weighted by molar-refractivity contribution is -0.164. The maximum absolute atomic E-state index is 11.7. The summed E-state index contributed by atoms with van der Waals surface area (Å²) in [5, 5.41) is 0. The van der Waals surface area contributed by atoms with Crippen LogP contribution in [0.15, 0.2) is 24.5 Å². The fraction of sp³-hybridized carbons (Fsp3) is 0.727. The van der Waals surface area contributed by atoms with E-state index >= 15 is 0 Å². The highest BCUT2D eigenvalue weighted by Crippen LogP contribution is 2.13. The van der Waals surface area contributed by atoms with Gasteiger partial charge in [0.2, 0.25) is 6.10 Å². The Kier molecular flexibility index (Phi) is 13.5.